The van der Waals surface area contributed by atoms with E-state index < -0.39 is 0 Å². The topological polar surface area (TPSA) is 0 Å². The fraction of sp³-hybridized carbons (Fsp3) is 1.00. The van der Waals surface area contributed by atoms with E-state index in [4.69, 9.17) is 0 Å². The third-order valence-electron chi connectivity index (χ3n) is 4.80. The van der Waals surface area contributed by atoms with Crippen molar-refractivity contribution < 1.29 is 0 Å². The molecular weight excluding hydrogens is 156 g/mol. The summed E-state index contributed by atoms with van der Waals surface area (Å²) in [5.74, 6) is 3.13. The van der Waals surface area contributed by atoms with Crippen LogP contribution in [0.5, 0.6) is 0 Å². The molecule has 0 aromatic carbocycles. The third kappa shape index (κ3) is 1.65. The van der Waals surface area contributed by atoms with Crippen LogP contribution < -0.4 is 0 Å². The Balaban J connectivity index is 2.14. The molecule has 2 aliphatic carbocycles. The number of fused-ring (bicyclic) bond motifs is 1. The molecular formula is C13H24. The van der Waals surface area contributed by atoms with Crippen molar-refractivity contribution in [3.63, 3.8) is 0 Å². The maximum absolute atomic E-state index is 2.50. The van der Waals surface area contributed by atoms with Crippen LogP contribution in [0.25, 0.3) is 0 Å². The quantitative estimate of drug-likeness (QED) is 0.523. The minimum atomic E-state index is 0.650. The smallest absolute Gasteiger partial charge is 0.0323 e. The summed E-state index contributed by atoms with van der Waals surface area (Å²) < 4.78 is 0. The van der Waals surface area contributed by atoms with Crippen molar-refractivity contribution >= 4 is 0 Å². The molecule has 3 atom stereocenters. The molecule has 3 unspecified atom stereocenters. The molecule has 0 aromatic heterocycles. The lowest BCUT2D eigenvalue weighted by molar-refractivity contribution is 0.00440. The lowest BCUT2D eigenvalue weighted by atomic mass is 9.56. The van der Waals surface area contributed by atoms with E-state index in [1.165, 1.54) is 38.5 Å². The van der Waals surface area contributed by atoms with Gasteiger partial charge in [0, 0.05) is 0 Å². The van der Waals surface area contributed by atoms with Crippen LogP contribution in [0.4, 0.5) is 0 Å². The minimum absolute atomic E-state index is 0.650. The van der Waals surface area contributed by atoms with Crippen molar-refractivity contribution in [2.75, 3.05) is 0 Å². The Morgan fingerprint density at radius 2 is 1.69 bits per heavy atom. The lowest BCUT2D eigenvalue weighted by Gasteiger charge is -2.50. The van der Waals surface area contributed by atoms with Gasteiger partial charge in [0.1, 0.15) is 0 Å². The average molecular weight is 180 g/mol. The van der Waals surface area contributed by atoms with Gasteiger partial charge >= 0.3 is 0 Å². The molecule has 2 fully saturated rings. The van der Waals surface area contributed by atoms with Gasteiger partial charge in [0.05, 0.1) is 0 Å². The second kappa shape index (κ2) is 3.29. The van der Waals surface area contributed by atoms with Crippen molar-refractivity contribution in [1.82, 2.24) is 0 Å². The predicted octanol–water partition coefficient (Wildman–Crippen LogP) is 4.25. The zero-order valence-electron chi connectivity index (χ0n) is 9.47. The van der Waals surface area contributed by atoms with Crippen LogP contribution in [-0.2, 0) is 0 Å². The summed E-state index contributed by atoms with van der Waals surface area (Å²) in [7, 11) is 0. The average Bonchev–Trinajstić information content (AvgIpc) is 2.13. The fourth-order valence-electron chi connectivity index (χ4n) is 3.81. The van der Waals surface area contributed by atoms with E-state index in [9.17, 15) is 0 Å². The molecule has 0 radical (unpaired) electrons. The minimum Gasteiger partial charge on any atom is -0.0622 e. The van der Waals surface area contributed by atoms with Gasteiger partial charge < -0.3 is 0 Å². The van der Waals surface area contributed by atoms with Crippen molar-refractivity contribution in [1.29, 1.82) is 0 Å². The first-order valence-corrected chi connectivity index (χ1v) is 6.11. The first kappa shape index (κ1) is 9.55. The highest BCUT2D eigenvalue weighted by Gasteiger charge is 2.42. The van der Waals surface area contributed by atoms with Crippen molar-refractivity contribution in [3.8, 4) is 0 Å². The first-order valence-electron chi connectivity index (χ1n) is 6.11. The normalized spacial score (nSPS) is 44.1. The van der Waals surface area contributed by atoms with Crippen LogP contribution in [-0.4, -0.2) is 0 Å². The molecule has 2 aliphatic rings. The van der Waals surface area contributed by atoms with Crippen LogP contribution in [0.15, 0.2) is 0 Å². The second-order valence-corrected chi connectivity index (χ2v) is 6.06. The van der Waals surface area contributed by atoms with Gasteiger partial charge in [-0.15, -0.1) is 0 Å². The maximum Gasteiger partial charge on any atom is -0.0323 e. The van der Waals surface area contributed by atoms with Crippen molar-refractivity contribution in [2.24, 2.45) is 23.2 Å². The number of rotatable bonds is 0. The number of hydrogen-bond acceptors (Lipinski definition) is 0. The summed E-state index contributed by atoms with van der Waals surface area (Å²) in [5, 5.41) is 0. The highest BCUT2D eigenvalue weighted by molar-refractivity contribution is 4.92. The molecule has 0 heterocycles. The van der Waals surface area contributed by atoms with Gasteiger partial charge in [-0.3, -0.25) is 0 Å². The van der Waals surface area contributed by atoms with E-state index in [0.29, 0.717) is 5.41 Å². The van der Waals surface area contributed by atoms with Crippen LogP contribution >= 0.6 is 0 Å². The van der Waals surface area contributed by atoms with E-state index in [2.05, 4.69) is 20.8 Å². The SMILES string of the molecule is CC1CCC(C)(C)C2CCCCC12. The van der Waals surface area contributed by atoms with E-state index in [1.807, 2.05) is 0 Å². The molecule has 0 N–H and O–H groups in total. The third-order valence-corrected chi connectivity index (χ3v) is 4.80. The molecule has 0 bridgehead atoms. The molecule has 76 valence electrons. The van der Waals surface area contributed by atoms with E-state index in [0.717, 1.165) is 17.8 Å². The molecule has 0 aliphatic heterocycles. The van der Waals surface area contributed by atoms with Gasteiger partial charge in [0.2, 0.25) is 0 Å². The van der Waals surface area contributed by atoms with E-state index in [1.54, 1.807) is 0 Å². The van der Waals surface area contributed by atoms with Gasteiger partial charge in [-0.05, 0) is 48.9 Å². The zero-order chi connectivity index (χ0) is 9.47. The Morgan fingerprint density at radius 1 is 1.00 bits per heavy atom. The van der Waals surface area contributed by atoms with Gasteiger partial charge in [-0.1, -0.05) is 33.6 Å². The van der Waals surface area contributed by atoms with Crippen molar-refractivity contribution in [3.05, 3.63) is 0 Å². The largest absolute Gasteiger partial charge is 0.0622 e. The van der Waals surface area contributed by atoms with Crippen molar-refractivity contribution in [2.45, 2.75) is 59.3 Å². The summed E-state index contributed by atoms with van der Waals surface area (Å²) in [6.45, 7) is 7.49. The Bertz CT molecular complexity index is 180. The predicted molar refractivity (Wildman–Crippen MR) is 57.6 cm³/mol. The summed E-state index contributed by atoms with van der Waals surface area (Å²) in [5.41, 5.74) is 0.650. The Kier molecular flexibility index (Phi) is 2.42. The van der Waals surface area contributed by atoms with Crippen LogP contribution in [0.2, 0.25) is 0 Å². The van der Waals surface area contributed by atoms with Crippen LogP contribution in [0.3, 0.4) is 0 Å². The fourth-order valence-corrected chi connectivity index (χ4v) is 3.81. The highest BCUT2D eigenvalue weighted by atomic mass is 14.5. The zero-order valence-corrected chi connectivity index (χ0v) is 9.47. The molecule has 0 saturated heterocycles. The number of hydrogen-bond donors (Lipinski definition) is 0. The Hall–Kier alpha value is 0. The van der Waals surface area contributed by atoms with Crippen LogP contribution in [0.1, 0.15) is 59.3 Å². The molecule has 0 amide bonds. The first-order chi connectivity index (χ1) is 6.11. The Morgan fingerprint density at radius 3 is 2.38 bits per heavy atom. The van der Waals surface area contributed by atoms with E-state index >= 15 is 0 Å². The standard InChI is InChI=1S/C13H24/c1-10-8-9-13(2,3)12-7-5-4-6-11(10)12/h10-12H,4-9H2,1-3H3. The lowest BCUT2D eigenvalue weighted by Crippen LogP contribution is -2.40. The molecule has 13 heavy (non-hydrogen) atoms. The highest BCUT2D eigenvalue weighted by Crippen LogP contribution is 2.52. The van der Waals surface area contributed by atoms with Gasteiger partial charge in [0.15, 0.2) is 0 Å². The van der Waals surface area contributed by atoms with Gasteiger partial charge in [-0.2, -0.15) is 0 Å². The summed E-state index contributed by atoms with van der Waals surface area (Å²) >= 11 is 0. The molecule has 0 heteroatoms. The Labute approximate surface area is 83.1 Å². The maximum atomic E-state index is 2.50. The molecule has 2 saturated carbocycles. The van der Waals surface area contributed by atoms with Crippen LogP contribution in [0, 0.1) is 23.2 Å². The molecule has 2 rings (SSSR count). The van der Waals surface area contributed by atoms with Gasteiger partial charge in [-0.25, -0.2) is 0 Å². The molecule has 0 nitrogen and oxygen atoms in total. The van der Waals surface area contributed by atoms with Gasteiger partial charge in [0.25, 0.3) is 0 Å². The summed E-state index contributed by atoms with van der Waals surface area (Å²) in [4.78, 5) is 0. The second-order valence-electron chi connectivity index (χ2n) is 6.06. The summed E-state index contributed by atoms with van der Waals surface area (Å²) in [6, 6.07) is 0. The molecule has 0 aromatic rings. The summed E-state index contributed by atoms with van der Waals surface area (Å²) in [6.07, 6.45) is 8.99. The molecule has 0 spiro atoms. The van der Waals surface area contributed by atoms with E-state index in [-0.39, 0.29) is 0 Å². The monoisotopic (exact) mass is 180 g/mol.